The molecule has 0 aliphatic heterocycles. The molecule has 0 saturated heterocycles. The monoisotopic (exact) mass is 351 g/mol. The molecule has 3 rings (SSSR count). The highest BCUT2D eigenvalue weighted by Gasteiger charge is 2.29. The fraction of sp³-hybridized carbons (Fsp3) is 0.333. The number of rotatable bonds is 6. The van der Waals surface area contributed by atoms with Crippen LogP contribution in [0.2, 0.25) is 0 Å². The molecule has 0 heterocycles. The molecule has 1 fully saturated rings. The van der Waals surface area contributed by atoms with E-state index in [0.29, 0.717) is 0 Å². The summed E-state index contributed by atoms with van der Waals surface area (Å²) in [6, 6.07) is 13.0. The third-order valence-electron chi connectivity index (χ3n) is 4.52. The van der Waals surface area contributed by atoms with Crippen molar-refractivity contribution < 1.29 is 9.59 Å². The van der Waals surface area contributed by atoms with E-state index in [-0.39, 0.29) is 23.8 Å². The molecule has 2 aromatic carbocycles. The van der Waals surface area contributed by atoms with E-state index in [1.807, 2.05) is 63.2 Å². The van der Waals surface area contributed by atoms with Gasteiger partial charge in [-0.25, -0.2) is 0 Å². The molecule has 26 heavy (non-hydrogen) atoms. The summed E-state index contributed by atoms with van der Waals surface area (Å²) in [5, 5.41) is 9.04. The second-order valence-corrected chi connectivity index (χ2v) is 7.01. The van der Waals surface area contributed by atoms with E-state index in [4.69, 9.17) is 0 Å². The minimum absolute atomic E-state index is 0.0897. The summed E-state index contributed by atoms with van der Waals surface area (Å²) in [7, 11) is 0. The molecule has 136 valence electrons. The summed E-state index contributed by atoms with van der Waals surface area (Å²) in [5.41, 5.74) is 4.65. The average molecular weight is 351 g/mol. The summed E-state index contributed by atoms with van der Waals surface area (Å²) in [5.74, 6) is 0.178. The highest BCUT2D eigenvalue weighted by molar-refractivity contribution is 5.97. The zero-order valence-electron chi connectivity index (χ0n) is 15.4. The van der Waals surface area contributed by atoms with Crippen LogP contribution < -0.4 is 16.0 Å². The third-order valence-corrected chi connectivity index (χ3v) is 4.52. The Morgan fingerprint density at radius 2 is 1.62 bits per heavy atom. The van der Waals surface area contributed by atoms with E-state index >= 15 is 0 Å². The van der Waals surface area contributed by atoms with Gasteiger partial charge >= 0.3 is 0 Å². The van der Waals surface area contributed by atoms with Crippen LogP contribution in [0, 0.1) is 19.8 Å². The molecule has 0 radical (unpaired) electrons. The lowest BCUT2D eigenvalue weighted by atomic mass is 10.1. The molecule has 0 spiro atoms. The van der Waals surface area contributed by atoms with Gasteiger partial charge in [-0.05, 0) is 69.5 Å². The highest BCUT2D eigenvalue weighted by atomic mass is 16.2. The molecule has 2 amide bonds. The number of anilines is 3. The molecule has 1 aliphatic carbocycles. The number of nitrogens with one attached hydrogen (secondary N) is 3. The fourth-order valence-corrected chi connectivity index (χ4v) is 2.75. The van der Waals surface area contributed by atoms with Gasteiger partial charge in [0.2, 0.25) is 11.8 Å². The summed E-state index contributed by atoms with van der Waals surface area (Å²) in [6.07, 6.45) is 1.97. The van der Waals surface area contributed by atoms with Crippen molar-refractivity contribution in [2.24, 2.45) is 5.92 Å². The molecule has 3 N–H and O–H groups in total. The van der Waals surface area contributed by atoms with E-state index in [0.717, 1.165) is 35.5 Å². The molecule has 0 bridgehead atoms. The maximum Gasteiger partial charge on any atom is 0.246 e. The van der Waals surface area contributed by atoms with Crippen LogP contribution in [0.15, 0.2) is 42.5 Å². The topological polar surface area (TPSA) is 70.2 Å². The Balaban J connectivity index is 1.55. The maximum atomic E-state index is 12.4. The minimum atomic E-state index is -0.386. The first-order chi connectivity index (χ1) is 12.4. The number of hydrogen-bond acceptors (Lipinski definition) is 3. The van der Waals surface area contributed by atoms with Crippen LogP contribution in [0.25, 0.3) is 0 Å². The lowest BCUT2D eigenvalue weighted by molar-refractivity contribution is -0.117. The van der Waals surface area contributed by atoms with Crippen molar-refractivity contribution in [1.29, 1.82) is 0 Å². The van der Waals surface area contributed by atoms with Crippen molar-refractivity contribution >= 4 is 28.9 Å². The van der Waals surface area contributed by atoms with E-state index in [1.165, 1.54) is 5.56 Å². The van der Waals surface area contributed by atoms with Crippen LogP contribution >= 0.6 is 0 Å². The van der Waals surface area contributed by atoms with E-state index in [9.17, 15) is 9.59 Å². The predicted molar refractivity (Wildman–Crippen MR) is 105 cm³/mol. The molecular formula is C21H25N3O2. The Morgan fingerprint density at radius 1 is 0.962 bits per heavy atom. The minimum Gasteiger partial charge on any atom is -0.374 e. The Labute approximate surface area is 154 Å². The number of hydrogen-bond donors (Lipinski definition) is 3. The van der Waals surface area contributed by atoms with E-state index in [2.05, 4.69) is 16.0 Å². The van der Waals surface area contributed by atoms with Crippen molar-refractivity contribution in [2.75, 3.05) is 16.0 Å². The summed E-state index contributed by atoms with van der Waals surface area (Å²) in [6.45, 7) is 5.83. The highest BCUT2D eigenvalue weighted by Crippen LogP contribution is 2.30. The van der Waals surface area contributed by atoms with E-state index < -0.39 is 0 Å². The second kappa shape index (κ2) is 7.60. The number of carbonyl (C=O) groups excluding carboxylic acids is 2. The van der Waals surface area contributed by atoms with Crippen LogP contribution in [0.4, 0.5) is 17.1 Å². The molecule has 0 aromatic heterocycles. The van der Waals surface area contributed by atoms with Gasteiger partial charge in [0.1, 0.15) is 6.04 Å². The summed E-state index contributed by atoms with van der Waals surface area (Å²) >= 11 is 0. The van der Waals surface area contributed by atoms with Gasteiger partial charge < -0.3 is 16.0 Å². The number of carbonyl (C=O) groups is 2. The van der Waals surface area contributed by atoms with Gasteiger partial charge in [0.15, 0.2) is 0 Å². The molecule has 1 saturated carbocycles. The number of amides is 2. The Hall–Kier alpha value is -2.82. The number of aryl methyl sites for hydroxylation is 2. The van der Waals surface area contributed by atoms with Crippen LogP contribution in [0.1, 0.15) is 30.9 Å². The van der Waals surface area contributed by atoms with Crippen LogP contribution in [0.3, 0.4) is 0 Å². The van der Waals surface area contributed by atoms with Crippen LogP contribution in [0.5, 0.6) is 0 Å². The van der Waals surface area contributed by atoms with Gasteiger partial charge in [0, 0.05) is 23.0 Å². The summed E-state index contributed by atoms with van der Waals surface area (Å²) < 4.78 is 0. The molecule has 1 unspecified atom stereocenters. The van der Waals surface area contributed by atoms with Crippen LogP contribution in [-0.4, -0.2) is 17.9 Å². The lowest BCUT2D eigenvalue weighted by Crippen LogP contribution is -2.32. The van der Waals surface area contributed by atoms with Crippen molar-refractivity contribution in [2.45, 2.75) is 39.7 Å². The molecule has 1 aliphatic rings. The first-order valence-corrected chi connectivity index (χ1v) is 8.98. The predicted octanol–water partition coefficient (Wildman–Crippen LogP) is 4.09. The lowest BCUT2D eigenvalue weighted by Gasteiger charge is -2.17. The van der Waals surface area contributed by atoms with Crippen molar-refractivity contribution in [3.05, 3.63) is 53.6 Å². The van der Waals surface area contributed by atoms with Crippen molar-refractivity contribution in [1.82, 2.24) is 0 Å². The largest absolute Gasteiger partial charge is 0.374 e. The molecule has 5 heteroatoms. The smallest absolute Gasteiger partial charge is 0.246 e. The van der Waals surface area contributed by atoms with Gasteiger partial charge in [0.25, 0.3) is 0 Å². The fourth-order valence-electron chi connectivity index (χ4n) is 2.75. The Bertz CT molecular complexity index is 811. The van der Waals surface area contributed by atoms with Gasteiger partial charge in [-0.1, -0.05) is 17.7 Å². The quantitative estimate of drug-likeness (QED) is 0.734. The zero-order valence-corrected chi connectivity index (χ0v) is 15.4. The zero-order chi connectivity index (χ0) is 18.7. The first-order valence-electron chi connectivity index (χ1n) is 8.98. The molecular weight excluding hydrogens is 326 g/mol. The summed E-state index contributed by atoms with van der Waals surface area (Å²) in [4.78, 5) is 24.2. The normalized spacial score (nSPS) is 14.4. The third kappa shape index (κ3) is 4.63. The Morgan fingerprint density at radius 3 is 2.23 bits per heavy atom. The van der Waals surface area contributed by atoms with Crippen molar-refractivity contribution in [3.63, 3.8) is 0 Å². The molecule has 5 nitrogen and oxygen atoms in total. The first kappa shape index (κ1) is 18.0. The Kier molecular flexibility index (Phi) is 5.26. The van der Waals surface area contributed by atoms with E-state index in [1.54, 1.807) is 0 Å². The molecule has 1 atom stereocenters. The maximum absolute atomic E-state index is 12.4. The van der Waals surface area contributed by atoms with Crippen molar-refractivity contribution in [3.8, 4) is 0 Å². The van der Waals surface area contributed by atoms with Gasteiger partial charge in [-0.3, -0.25) is 9.59 Å². The average Bonchev–Trinajstić information content (AvgIpc) is 3.44. The van der Waals surface area contributed by atoms with Gasteiger partial charge in [-0.15, -0.1) is 0 Å². The standard InChI is InChI=1S/C21H25N3O2/c1-13-4-11-19(14(2)12-13)24-20(25)15(3)22-17-7-9-18(10-8-17)23-21(26)16-5-6-16/h4,7-12,15-16,22H,5-6H2,1-3H3,(H,23,26)(H,24,25). The number of benzene rings is 2. The second-order valence-electron chi connectivity index (χ2n) is 7.01. The van der Waals surface area contributed by atoms with Crippen LogP contribution in [-0.2, 0) is 9.59 Å². The molecule has 2 aromatic rings. The SMILES string of the molecule is Cc1ccc(NC(=O)C(C)Nc2ccc(NC(=O)C3CC3)cc2)c(C)c1. The van der Waals surface area contributed by atoms with Gasteiger partial charge in [-0.2, -0.15) is 0 Å². The van der Waals surface area contributed by atoms with Gasteiger partial charge in [0.05, 0.1) is 0 Å².